The van der Waals surface area contributed by atoms with Crippen molar-refractivity contribution in [2.75, 3.05) is 37.7 Å². The largest absolute Gasteiger partial charge is 0.396 e. The first-order valence-corrected chi connectivity index (χ1v) is 12.4. The Bertz CT molecular complexity index is 1200. The molecule has 1 aromatic heterocycles. The maximum atomic E-state index is 13.9. The van der Waals surface area contributed by atoms with E-state index in [1.54, 1.807) is 0 Å². The van der Waals surface area contributed by atoms with E-state index < -0.39 is 0 Å². The van der Waals surface area contributed by atoms with Crippen LogP contribution in [-0.4, -0.2) is 58.4 Å². The topological polar surface area (TPSA) is 61.6 Å². The highest BCUT2D eigenvalue weighted by Gasteiger charge is 2.38. The summed E-state index contributed by atoms with van der Waals surface area (Å²) in [6.45, 7) is 5.06. The Morgan fingerprint density at radius 3 is 2.48 bits per heavy atom. The van der Waals surface area contributed by atoms with Crippen molar-refractivity contribution >= 4 is 16.6 Å². The van der Waals surface area contributed by atoms with E-state index in [0.717, 1.165) is 49.1 Å². The Morgan fingerprint density at radius 2 is 1.79 bits per heavy atom. The van der Waals surface area contributed by atoms with Crippen molar-refractivity contribution in [1.29, 1.82) is 0 Å². The van der Waals surface area contributed by atoms with Gasteiger partial charge in [0.25, 0.3) is 5.56 Å². The number of benzene rings is 2. The number of aromatic nitrogens is 2. The summed E-state index contributed by atoms with van der Waals surface area (Å²) in [5, 5.41) is 10.8. The van der Waals surface area contributed by atoms with Gasteiger partial charge in [-0.1, -0.05) is 36.8 Å². The monoisotopic (exact) mass is 444 g/mol. The third-order valence-corrected chi connectivity index (χ3v) is 8.20. The number of piperidine rings is 1. The summed E-state index contributed by atoms with van der Waals surface area (Å²) in [5.41, 5.74) is 2.61. The summed E-state index contributed by atoms with van der Waals surface area (Å²) in [6.07, 6.45) is 5.38. The number of anilines is 1. The molecule has 6 heteroatoms. The molecule has 0 spiro atoms. The fourth-order valence-corrected chi connectivity index (χ4v) is 5.95. The van der Waals surface area contributed by atoms with Gasteiger partial charge in [0.1, 0.15) is 5.82 Å². The number of aliphatic hydroxyl groups excluding tert-OH is 1. The molecule has 172 valence electrons. The van der Waals surface area contributed by atoms with Crippen LogP contribution in [0.3, 0.4) is 0 Å². The smallest absolute Gasteiger partial charge is 0.261 e. The van der Waals surface area contributed by atoms with Crippen molar-refractivity contribution in [2.24, 2.45) is 5.41 Å². The van der Waals surface area contributed by atoms with E-state index in [4.69, 9.17) is 4.98 Å². The fourth-order valence-electron chi connectivity index (χ4n) is 5.95. The van der Waals surface area contributed by atoms with Gasteiger partial charge in [-0.3, -0.25) is 9.36 Å². The highest BCUT2D eigenvalue weighted by molar-refractivity contribution is 5.83. The molecule has 3 saturated heterocycles. The molecular formula is C27H32N4O2. The normalized spacial score (nSPS) is 24.0. The molecule has 6 nitrogen and oxygen atoms in total. The van der Waals surface area contributed by atoms with Crippen LogP contribution in [0.4, 0.5) is 5.69 Å². The van der Waals surface area contributed by atoms with Crippen LogP contribution in [0.1, 0.15) is 32.1 Å². The second-order valence-corrected chi connectivity index (χ2v) is 10.2. The van der Waals surface area contributed by atoms with Gasteiger partial charge in [-0.25, -0.2) is 4.98 Å². The zero-order valence-corrected chi connectivity index (χ0v) is 19.1. The number of hydrogen-bond acceptors (Lipinski definition) is 5. The Balaban J connectivity index is 1.48. The zero-order chi connectivity index (χ0) is 22.4. The number of nitrogens with zero attached hydrogens (tertiary/aromatic N) is 4. The van der Waals surface area contributed by atoms with Gasteiger partial charge < -0.3 is 14.9 Å². The van der Waals surface area contributed by atoms with Crippen LogP contribution in [0.5, 0.6) is 0 Å². The summed E-state index contributed by atoms with van der Waals surface area (Å²) < 4.78 is 1.83. The van der Waals surface area contributed by atoms with Crippen LogP contribution in [0.2, 0.25) is 0 Å². The minimum absolute atomic E-state index is 0.00305. The molecule has 4 heterocycles. The predicted octanol–water partition coefficient (Wildman–Crippen LogP) is 3.51. The average molecular weight is 445 g/mol. The molecule has 3 aromatic rings. The molecule has 4 aliphatic rings. The number of aliphatic hydroxyl groups is 1. The summed E-state index contributed by atoms with van der Waals surface area (Å²) in [4.78, 5) is 24.0. The first-order valence-electron chi connectivity index (χ1n) is 12.4. The van der Waals surface area contributed by atoms with Crippen molar-refractivity contribution in [2.45, 2.75) is 44.7 Å². The van der Waals surface area contributed by atoms with E-state index in [0.29, 0.717) is 23.8 Å². The molecule has 3 aliphatic heterocycles. The van der Waals surface area contributed by atoms with Gasteiger partial charge in [0.2, 0.25) is 0 Å². The average Bonchev–Trinajstić information content (AvgIpc) is 3.17. The molecular weight excluding hydrogens is 412 g/mol. The van der Waals surface area contributed by atoms with Crippen molar-refractivity contribution < 1.29 is 5.11 Å². The van der Waals surface area contributed by atoms with Crippen LogP contribution in [0.25, 0.3) is 22.3 Å². The summed E-state index contributed by atoms with van der Waals surface area (Å²) >= 11 is 0. The van der Waals surface area contributed by atoms with Gasteiger partial charge in [-0.2, -0.15) is 0 Å². The molecule has 4 fully saturated rings. The number of hydrogen-bond donors (Lipinski definition) is 1. The molecule has 2 aromatic carbocycles. The third kappa shape index (κ3) is 3.65. The van der Waals surface area contributed by atoms with Crippen molar-refractivity contribution in [1.82, 2.24) is 14.5 Å². The SMILES string of the molecule is O=c1c2cc(N3CCN4CCC3CC4)ccc2nc(-c2ccccc2)n1CC1(CO)CCC1. The Morgan fingerprint density at radius 1 is 1.00 bits per heavy atom. The molecule has 7 rings (SSSR count). The van der Waals surface area contributed by atoms with Crippen LogP contribution >= 0.6 is 0 Å². The lowest BCUT2D eigenvalue weighted by molar-refractivity contribution is 0.0270. The van der Waals surface area contributed by atoms with Crippen LogP contribution < -0.4 is 10.5 Å². The van der Waals surface area contributed by atoms with Crippen LogP contribution in [-0.2, 0) is 6.54 Å². The molecule has 0 atom stereocenters. The van der Waals surface area contributed by atoms with Crippen LogP contribution in [0.15, 0.2) is 53.3 Å². The van der Waals surface area contributed by atoms with E-state index in [1.165, 1.54) is 25.9 Å². The zero-order valence-electron chi connectivity index (χ0n) is 19.1. The molecule has 1 N–H and O–H groups in total. The van der Waals surface area contributed by atoms with Gasteiger partial charge in [0, 0.05) is 55.4 Å². The van der Waals surface area contributed by atoms with E-state index >= 15 is 0 Å². The van der Waals surface area contributed by atoms with Gasteiger partial charge in [-0.15, -0.1) is 0 Å². The minimum atomic E-state index is -0.210. The molecule has 1 saturated carbocycles. The molecule has 0 radical (unpaired) electrons. The maximum absolute atomic E-state index is 13.9. The third-order valence-electron chi connectivity index (χ3n) is 8.20. The van der Waals surface area contributed by atoms with Gasteiger partial charge >= 0.3 is 0 Å². The molecule has 1 aliphatic carbocycles. The second kappa shape index (κ2) is 8.26. The van der Waals surface area contributed by atoms with Crippen LogP contribution in [0, 0.1) is 5.41 Å². The van der Waals surface area contributed by atoms with E-state index in [-0.39, 0.29) is 17.6 Å². The summed E-state index contributed by atoms with van der Waals surface area (Å²) in [5.74, 6) is 0.696. The highest BCUT2D eigenvalue weighted by atomic mass is 16.3. The Labute approximate surface area is 194 Å². The molecule has 33 heavy (non-hydrogen) atoms. The fraction of sp³-hybridized carbons (Fsp3) is 0.481. The second-order valence-electron chi connectivity index (χ2n) is 10.2. The standard InChI is InChI=1S/C27H32N4O2/c32-19-27(11-4-12-27)18-31-25(20-5-2-1-3-6-20)28-24-8-7-22(17-23(24)26(31)33)30-16-15-29-13-9-21(30)10-14-29/h1-3,5-8,17,21,32H,4,9-16,18-19H2. The Hall–Kier alpha value is -2.70. The highest BCUT2D eigenvalue weighted by Crippen LogP contribution is 2.42. The Kier molecular flexibility index (Phi) is 5.23. The lowest BCUT2D eigenvalue weighted by atomic mass is 9.69. The van der Waals surface area contributed by atoms with Crippen molar-refractivity contribution in [3.63, 3.8) is 0 Å². The molecule has 2 bridgehead atoms. The van der Waals surface area contributed by atoms with Gasteiger partial charge in [-0.05, 0) is 43.9 Å². The van der Waals surface area contributed by atoms with Gasteiger partial charge in [0.15, 0.2) is 0 Å². The maximum Gasteiger partial charge on any atom is 0.261 e. The first kappa shape index (κ1) is 20.9. The molecule has 0 unspecified atom stereocenters. The predicted molar refractivity (Wildman–Crippen MR) is 132 cm³/mol. The molecule has 0 amide bonds. The van der Waals surface area contributed by atoms with Crippen molar-refractivity contribution in [3.05, 3.63) is 58.9 Å². The number of rotatable bonds is 5. The first-order chi connectivity index (χ1) is 16.2. The van der Waals surface area contributed by atoms with Gasteiger partial charge in [0.05, 0.1) is 17.5 Å². The minimum Gasteiger partial charge on any atom is -0.396 e. The summed E-state index contributed by atoms with van der Waals surface area (Å²) in [6, 6.07) is 16.7. The number of fused-ring (bicyclic) bond motifs is 5. The van der Waals surface area contributed by atoms with E-state index in [2.05, 4.69) is 21.9 Å². The lowest BCUT2D eigenvalue weighted by Crippen LogP contribution is -2.41. The lowest BCUT2D eigenvalue weighted by Gasteiger charge is -2.41. The summed E-state index contributed by atoms with van der Waals surface area (Å²) in [7, 11) is 0. The van der Waals surface area contributed by atoms with E-state index in [9.17, 15) is 9.90 Å². The van der Waals surface area contributed by atoms with E-state index in [1.807, 2.05) is 41.0 Å². The quantitative estimate of drug-likeness (QED) is 0.653. The van der Waals surface area contributed by atoms with Crippen molar-refractivity contribution in [3.8, 4) is 11.4 Å².